The first kappa shape index (κ1) is 19.9. The minimum atomic E-state index is -1.52. The summed E-state index contributed by atoms with van der Waals surface area (Å²) in [5, 5.41) is 14.0. The summed E-state index contributed by atoms with van der Waals surface area (Å²) < 4.78 is 10.4. The molecular formula is C18H22N2O5S. The van der Waals surface area contributed by atoms with Crippen LogP contribution in [-0.2, 0) is 9.53 Å². The van der Waals surface area contributed by atoms with E-state index in [0.717, 1.165) is 17.7 Å². The van der Waals surface area contributed by atoms with E-state index in [1.165, 1.54) is 25.4 Å². The van der Waals surface area contributed by atoms with Crippen molar-refractivity contribution in [3.63, 3.8) is 0 Å². The second-order valence-electron chi connectivity index (χ2n) is 5.94. The van der Waals surface area contributed by atoms with Gasteiger partial charge < -0.3 is 19.9 Å². The maximum atomic E-state index is 12.4. The molecule has 26 heavy (non-hydrogen) atoms. The highest BCUT2D eigenvalue weighted by atomic mass is 32.1. The first-order valence-electron chi connectivity index (χ1n) is 8.13. The first-order chi connectivity index (χ1) is 12.4. The zero-order valence-electron chi connectivity index (χ0n) is 14.9. The molecule has 8 heteroatoms. The van der Waals surface area contributed by atoms with Crippen molar-refractivity contribution in [3.8, 4) is 16.3 Å². The third kappa shape index (κ3) is 4.80. The van der Waals surface area contributed by atoms with E-state index in [4.69, 9.17) is 9.47 Å². The quantitative estimate of drug-likeness (QED) is 0.696. The van der Waals surface area contributed by atoms with E-state index in [1.54, 1.807) is 5.38 Å². The number of rotatable bonds is 9. The molecule has 7 nitrogen and oxygen atoms in total. The van der Waals surface area contributed by atoms with Gasteiger partial charge in [-0.05, 0) is 37.6 Å². The second-order valence-corrected chi connectivity index (χ2v) is 6.79. The van der Waals surface area contributed by atoms with Gasteiger partial charge in [0.25, 0.3) is 5.91 Å². The van der Waals surface area contributed by atoms with E-state index < -0.39 is 17.4 Å². The van der Waals surface area contributed by atoms with Gasteiger partial charge in [0.15, 0.2) is 5.54 Å². The molecule has 1 amide bonds. The van der Waals surface area contributed by atoms with Gasteiger partial charge in [-0.2, -0.15) is 0 Å². The lowest BCUT2D eigenvalue weighted by Crippen LogP contribution is -2.55. The van der Waals surface area contributed by atoms with Gasteiger partial charge in [-0.15, -0.1) is 11.3 Å². The van der Waals surface area contributed by atoms with Gasteiger partial charge in [-0.1, -0.05) is 6.92 Å². The van der Waals surface area contributed by atoms with Crippen molar-refractivity contribution in [2.24, 2.45) is 0 Å². The maximum absolute atomic E-state index is 12.4. The number of carboxylic acid groups (broad SMARTS) is 1. The number of aromatic nitrogens is 1. The number of nitrogens with one attached hydrogen (secondary N) is 1. The minimum Gasteiger partial charge on any atom is -0.494 e. The summed E-state index contributed by atoms with van der Waals surface area (Å²) in [6.45, 7) is 3.94. The normalized spacial score (nSPS) is 13.0. The van der Waals surface area contributed by atoms with Crippen LogP contribution < -0.4 is 10.1 Å². The number of amides is 1. The molecule has 140 valence electrons. The molecule has 1 unspecified atom stereocenters. The predicted octanol–water partition coefficient (Wildman–Crippen LogP) is 2.82. The van der Waals surface area contributed by atoms with Crippen LogP contribution in [0, 0.1) is 0 Å². The predicted molar refractivity (Wildman–Crippen MR) is 98.7 cm³/mol. The molecule has 2 aromatic rings. The zero-order valence-corrected chi connectivity index (χ0v) is 15.8. The third-order valence-electron chi connectivity index (χ3n) is 3.61. The van der Waals surface area contributed by atoms with Crippen molar-refractivity contribution >= 4 is 23.2 Å². The van der Waals surface area contributed by atoms with E-state index in [0.29, 0.717) is 11.6 Å². The van der Waals surface area contributed by atoms with Crippen molar-refractivity contribution in [2.75, 3.05) is 20.3 Å². The Balaban J connectivity index is 2.11. The van der Waals surface area contributed by atoms with Crippen LogP contribution in [0.3, 0.4) is 0 Å². The Morgan fingerprint density at radius 1 is 1.31 bits per heavy atom. The van der Waals surface area contributed by atoms with Crippen molar-refractivity contribution in [1.29, 1.82) is 0 Å². The average Bonchev–Trinajstić information content (AvgIpc) is 3.10. The number of carbonyl (C=O) groups is 2. The summed E-state index contributed by atoms with van der Waals surface area (Å²) >= 11 is 1.31. The molecule has 1 aromatic heterocycles. The van der Waals surface area contributed by atoms with Crippen molar-refractivity contribution in [3.05, 3.63) is 35.3 Å². The molecule has 0 saturated heterocycles. The highest BCUT2D eigenvalue weighted by Gasteiger charge is 2.35. The lowest BCUT2D eigenvalue weighted by Gasteiger charge is -2.24. The number of benzene rings is 1. The fourth-order valence-corrected chi connectivity index (χ4v) is 2.99. The summed E-state index contributed by atoms with van der Waals surface area (Å²) in [7, 11) is 1.38. The number of nitrogens with zero attached hydrogens (tertiary/aromatic N) is 1. The molecule has 0 aliphatic rings. The van der Waals surface area contributed by atoms with E-state index in [-0.39, 0.29) is 12.3 Å². The van der Waals surface area contributed by atoms with Crippen molar-refractivity contribution in [1.82, 2.24) is 10.3 Å². The van der Waals surface area contributed by atoms with Gasteiger partial charge in [0, 0.05) is 18.1 Å². The molecule has 0 fully saturated rings. The van der Waals surface area contributed by atoms with Crippen LogP contribution >= 0.6 is 11.3 Å². The van der Waals surface area contributed by atoms with E-state index in [1.807, 2.05) is 31.2 Å². The molecule has 0 spiro atoms. The monoisotopic (exact) mass is 378 g/mol. The summed E-state index contributed by atoms with van der Waals surface area (Å²) in [6.07, 6.45) is 0.936. The van der Waals surface area contributed by atoms with Gasteiger partial charge in [0.2, 0.25) is 0 Å². The topological polar surface area (TPSA) is 97.8 Å². The molecule has 2 N–H and O–H groups in total. The van der Waals surface area contributed by atoms with Crippen LogP contribution in [0.2, 0.25) is 0 Å². The molecule has 0 bridgehead atoms. The molecule has 0 aliphatic carbocycles. The van der Waals surface area contributed by atoms with Gasteiger partial charge >= 0.3 is 5.97 Å². The largest absolute Gasteiger partial charge is 0.494 e. The van der Waals surface area contributed by atoms with E-state index in [9.17, 15) is 14.7 Å². The van der Waals surface area contributed by atoms with Gasteiger partial charge in [-0.3, -0.25) is 4.79 Å². The van der Waals surface area contributed by atoms with Crippen LogP contribution in [0.5, 0.6) is 5.75 Å². The third-order valence-corrected chi connectivity index (χ3v) is 4.50. The molecule has 0 saturated carbocycles. The lowest BCUT2D eigenvalue weighted by atomic mass is 10.0. The number of thiazole rings is 1. The molecule has 2 rings (SSSR count). The van der Waals surface area contributed by atoms with Crippen LogP contribution in [0.15, 0.2) is 29.6 Å². The van der Waals surface area contributed by atoms with E-state index in [2.05, 4.69) is 10.3 Å². The Kier molecular flexibility index (Phi) is 6.70. The number of aliphatic carboxylic acids is 1. The molecule has 1 aromatic carbocycles. The lowest BCUT2D eigenvalue weighted by molar-refractivity contribution is -0.145. The van der Waals surface area contributed by atoms with Crippen LogP contribution in [0.1, 0.15) is 30.8 Å². The van der Waals surface area contributed by atoms with Crippen molar-refractivity contribution < 1.29 is 24.2 Å². The van der Waals surface area contributed by atoms with Crippen molar-refractivity contribution in [2.45, 2.75) is 25.8 Å². The molecule has 0 aliphatic heterocycles. The van der Waals surface area contributed by atoms with Gasteiger partial charge in [0.1, 0.15) is 16.5 Å². The van der Waals surface area contributed by atoms with E-state index >= 15 is 0 Å². The highest BCUT2D eigenvalue weighted by molar-refractivity contribution is 7.13. The summed E-state index contributed by atoms with van der Waals surface area (Å²) in [5.41, 5.74) is -0.496. The number of hydrogen-bond donors (Lipinski definition) is 2. The molecule has 1 heterocycles. The fraction of sp³-hybridized carbons (Fsp3) is 0.389. The summed E-state index contributed by atoms with van der Waals surface area (Å²) in [4.78, 5) is 28.0. The number of methoxy groups -OCH3 is 1. The molecular weight excluding hydrogens is 356 g/mol. The standard InChI is InChI=1S/C18H22N2O5S/c1-4-9-25-13-7-5-12(6-8-13)16-19-14(10-26-16)15(21)20-18(2,11-24-3)17(22)23/h5-8,10H,4,9,11H2,1-3H3,(H,20,21)(H,22,23). The summed E-state index contributed by atoms with van der Waals surface area (Å²) in [5.74, 6) is -0.954. The Morgan fingerprint density at radius 2 is 2.00 bits per heavy atom. The molecule has 1 atom stereocenters. The van der Waals surface area contributed by atoms with Crippen LogP contribution in [0.25, 0.3) is 10.6 Å². The highest BCUT2D eigenvalue weighted by Crippen LogP contribution is 2.26. The zero-order chi connectivity index (χ0) is 19.2. The Morgan fingerprint density at radius 3 is 2.58 bits per heavy atom. The molecule has 0 radical (unpaired) electrons. The fourth-order valence-electron chi connectivity index (χ4n) is 2.18. The Labute approximate surface area is 156 Å². The average molecular weight is 378 g/mol. The number of ether oxygens (including phenoxy) is 2. The second kappa shape index (κ2) is 8.77. The van der Waals surface area contributed by atoms with Gasteiger partial charge in [0.05, 0.1) is 13.2 Å². The minimum absolute atomic E-state index is 0.149. The Bertz CT molecular complexity index is 759. The first-order valence-corrected chi connectivity index (χ1v) is 9.01. The number of hydrogen-bond acceptors (Lipinski definition) is 6. The van der Waals surface area contributed by atoms with Gasteiger partial charge in [-0.25, -0.2) is 9.78 Å². The SMILES string of the molecule is CCCOc1ccc(-c2nc(C(=O)NC(C)(COC)C(=O)O)cs2)cc1. The Hall–Kier alpha value is -2.45. The number of carboxylic acids is 1. The smallest absolute Gasteiger partial charge is 0.331 e. The van der Waals surface area contributed by atoms with Crippen LogP contribution in [0.4, 0.5) is 0 Å². The number of carbonyl (C=O) groups excluding carboxylic acids is 1. The summed E-state index contributed by atoms with van der Waals surface area (Å²) in [6, 6.07) is 7.45. The maximum Gasteiger partial charge on any atom is 0.331 e. The van der Waals surface area contributed by atoms with Crippen LogP contribution in [-0.4, -0.2) is 47.8 Å².